The van der Waals surface area contributed by atoms with E-state index in [4.69, 9.17) is 14.4 Å². The summed E-state index contributed by atoms with van der Waals surface area (Å²) in [4.78, 5) is 9.98. The first-order valence-corrected chi connectivity index (χ1v) is 16.1. The van der Waals surface area contributed by atoms with E-state index in [9.17, 15) is 0 Å². The van der Waals surface area contributed by atoms with Crippen LogP contribution in [-0.2, 0) is 5.41 Å². The second-order valence-corrected chi connectivity index (χ2v) is 12.6. The number of furan rings is 1. The summed E-state index contributed by atoms with van der Waals surface area (Å²) in [5, 5.41) is 1.91. The molecule has 5 aromatic carbocycles. The van der Waals surface area contributed by atoms with E-state index in [-0.39, 0.29) is 5.41 Å². The van der Waals surface area contributed by atoms with Crippen LogP contribution in [0.25, 0.3) is 72.3 Å². The third kappa shape index (κ3) is 4.74. The summed E-state index contributed by atoms with van der Waals surface area (Å²) in [6.07, 6.45) is 7.62. The molecule has 3 nitrogen and oxygen atoms in total. The van der Waals surface area contributed by atoms with Crippen LogP contribution in [0.5, 0.6) is 0 Å². The van der Waals surface area contributed by atoms with E-state index in [0.29, 0.717) is 11.5 Å². The fourth-order valence-corrected chi connectivity index (χ4v) is 7.00. The number of aromatic nitrogens is 2. The lowest BCUT2D eigenvalue weighted by molar-refractivity contribution is 0.652. The van der Waals surface area contributed by atoms with Gasteiger partial charge in [-0.1, -0.05) is 142 Å². The fourth-order valence-electron chi connectivity index (χ4n) is 7.00. The highest BCUT2D eigenvalue weighted by atomic mass is 16.3. The molecule has 0 amide bonds. The van der Waals surface area contributed by atoms with Crippen LogP contribution in [0.4, 0.5) is 0 Å². The van der Waals surface area contributed by atoms with E-state index in [1.807, 2.05) is 49.4 Å². The molecule has 47 heavy (non-hydrogen) atoms. The van der Waals surface area contributed by atoms with Gasteiger partial charge in [0.25, 0.3) is 0 Å². The first-order valence-electron chi connectivity index (χ1n) is 16.1. The molecule has 0 N–H and O–H groups in total. The standard InChI is InChI=1S/C44H34N2O/c1-5-7-13-28(6-2)42-45-41(31-14-9-8-10-15-31)40-36-26-32(23-25-39(36)47-43(40)46-42)29-18-20-30(21-19-29)33-22-24-35-34-16-11-12-17-37(34)44(3,4)38(35)27-33/h5-27H,1H2,2-4H3/b13-7-,28-6+. The van der Waals surface area contributed by atoms with Crippen molar-refractivity contribution in [3.8, 4) is 44.6 Å². The van der Waals surface area contributed by atoms with Gasteiger partial charge in [-0.15, -0.1) is 0 Å². The van der Waals surface area contributed by atoms with Crippen molar-refractivity contribution in [3.05, 3.63) is 163 Å². The smallest absolute Gasteiger partial charge is 0.231 e. The summed E-state index contributed by atoms with van der Waals surface area (Å²) in [5.41, 5.74) is 14.3. The van der Waals surface area contributed by atoms with Crippen LogP contribution in [0.2, 0.25) is 0 Å². The number of allylic oxidation sites excluding steroid dienone is 5. The van der Waals surface area contributed by atoms with Crippen LogP contribution in [-0.4, -0.2) is 9.97 Å². The van der Waals surface area contributed by atoms with Gasteiger partial charge >= 0.3 is 0 Å². The van der Waals surface area contributed by atoms with Gasteiger partial charge in [0, 0.05) is 21.9 Å². The van der Waals surface area contributed by atoms with Gasteiger partial charge in [-0.05, 0) is 69.6 Å². The first-order chi connectivity index (χ1) is 23.0. The maximum absolute atomic E-state index is 6.38. The van der Waals surface area contributed by atoms with Gasteiger partial charge in [0.1, 0.15) is 5.58 Å². The van der Waals surface area contributed by atoms with Gasteiger partial charge in [0.05, 0.1) is 11.1 Å². The van der Waals surface area contributed by atoms with Crippen LogP contribution in [0.3, 0.4) is 0 Å². The molecule has 1 aliphatic rings. The molecule has 0 saturated carbocycles. The molecule has 0 bridgehead atoms. The van der Waals surface area contributed by atoms with Gasteiger partial charge in [0.2, 0.25) is 5.71 Å². The highest BCUT2D eigenvalue weighted by molar-refractivity contribution is 6.11. The van der Waals surface area contributed by atoms with Crippen molar-refractivity contribution in [2.75, 3.05) is 0 Å². The predicted molar refractivity (Wildman–Crippen MR) is 196 cm³/mol. The second-order valence-electron chi connectivity index (χ2n) is 12.6. The summed E-state index contributed by atoms with van der Waals surface area (Å²) < 4.78 is 6.38. The van der Waals surface area contributed by atoms with Crippen molar-refractivity contribution in [1.29, 1.82) is 0 Å². The van der Waals surface area contributed by atoms with E-state index >= 15 is 0 Å². The number of nitrogens with zero attached hydrogens (tertiary/aromatic N) is 2. The second kappa shape index (κ2) is 11.2. The maximum Gasteiger partial charge on any atom is 0.231 e. The maximum atomic E-state index is 6.38. The summed E-state index contributed by atoms with van der Waals surface area (Å²) in [6.45, 7) is 10.5. The zero-order chi connectivity index (χ0) is 32.1. The normalized spacial score (nSPS) is 13.7. The van der Waals surface area contributed by atoms with Crippen LogP contribution < -0.4 is 0 Å². The molecule has 0 unspecified atom stereocenters. The average Bonchev–Trinajstić information content (AvgIpc) is 3.60. The van der Waals surface area contributed by atoms with Gasteiger partial charge in [-0.25, -0.2) is 4.98 Å². The lowest BCUT2D eigenvalue weighted by Gasteiger charge is -2.22. The summed E-state index contributed by atoms with van der Waals surface area (Å²) >= 11 is 0. The highest BCUT2D eigenvalue weighted by Crippen LogP contribution is 2.49. The van der Waals surface area contributed by atoms with E-state index in [2.05, 4.69) is 111 Å². The Kier molecular flexibility index (Phi) is 6.84. The number of fused-ring (bicyclic) bond motifs is 6. The quantitative estimate of drug-likeness (QED) is 0.177. The zero-order valence-electron chi connectivity index (χ0n) is 26.8. The Morgan fingerprint density at radius 1 is 0.681 bits per heavy atom. The predicted octanol–water partition coefficient (Wildman–Crippen LogP) is 11.8. The van der Waals surface area contributed by atoms with E-state index in [1.165, 1.54) is 33.4 Å². The lowest BCUT2D eigenvalue weighted by atomic mass is 9.81. The molecule has 3 heteroatoms. The number of hydrogen-bond acceptors (Lipinski definition) is 3. The van der Waals surface area contributed by atoms with Crippen molar-refractivity contribution in [2.45, 2.75) is 26.2 Å². The van der Waals surface area contributed by atoms with Crippen molar-refractivity contribution in [2.24, 2.45) is 0 Å². The van der Waals surface area contributed by atoms with Gasteiger partial charge in [0.15, 0.2) is 5.82 Å². The van der Waals surface area contributed by atoms with Gasteiger partial charge in [-0.2, -0.15) is 4.98 Å². The molecule has 2 heterocycles. The van der Waals surface area contributed by atoms with Crippen LogP contribution >= 0.6 is 0 Å². The van der Waals surface area contributed by atoms with E-state index < -0.39 is 0 Å². The molecule has 0 radical (unpaired) electrons. The highest BCUT2D eigenvalue weighted by Gasteiger charge is 2.35. The van der Waals surface area contributed by atoms with Crippen LogP contribution in [0.15, 0.2) is 151 Å². The number of benzene rings is 5. The first kappa shape index (κ1) is 28.7. The Balaban J connectivity index is 1.20. The molecular weight excluding hydrogens is 572 g/mol. The molecule has 0 saturated heterocycles. The third-order valence-corrected chi connectivity index (χ3v) is 9.49. The molecule has 8 rings (SSSR count). The Hall–Kier alpha value is -5.80. The molecule has 7 aromatic rings. The Morgan fingerprint density at radius 2 is 1.34 bits per heavy atom. The van der Waals surface area contributed by atoms with Crippen molar-refractivity contribution in [1.82, 2.24) is 9.97 Å². The largest absolute Gasteiger partial charge is 0.438 e. The van der Waals surface area contributed by atoms with E-state index in [0.717, 1.165) is 44.3 Å². The monoisotopic (exact) mass is 606 g/mol. The molecule has 0 fully saturated rings. The molecule has 226 valence electrons. The Morgan fingerprint density at radius 3 is 2.09 bits per heavy atom. The summed E-state index contributed by atoms with van der Waals surface area (Å²) in [5.74, 6) is 0.616. The third-order valence-electron chi connectivity index (χ3n) is 9.49. The fraction of sp³-hybridized carbons (Fsp3) is 0.0909. The molecule has 2 aromatic heterocycles. The molecule has 0 atom stereocenters. The molecule has 0 spiro atoms. The Bertz CT molecular complexity index is 2390. The number of rotatable bonds is 6. The Labute approximate surface area is 275 Å². The molecule has 1 aliphatic carbocycles. The van der Waals surface area contributed by atoms with Crippen molar-refractivity contribution >= 4 is 27.6 Å². The summed E-state index contributed by atoms with van der Waals surface area (Å²) in [7, 11) is 0. The van der Waals surface area contributed by atoms with Crippen molar-refractivity contribution < 1.29 is 4.42 Å². The van der Waals surface area contributed by atoms with Crippen LogP contribution in [0, 0.1) is 0 Å². The topological polar surface area (TPSA) is 38.9 Å². The van der Waals surface area contributed by atoms with Gasteiger partial charge < -0.3 is 4.42 Å². The minimum atomic E-state index is -0.0234. The van der Waals surface area contributed by atoms with E-state index in [1.54, 1.807) is 6.08 Å². The van der Waals surface area contributed by atoms with Crippen LogP contribution in [0.1, 0.15) is 37.7 Å². The SMILES string of the molecule is C=C/C=C\C(=C/C)c1nc(-c2ccccc2)c2c(n1)oc1ccc(-c3ccc(-c4ccc5c(c4)C(C)(C)c4ccccc4-5)cc3)cc12. The molecule has 0 aliphatic heterocycles. The van der Waals surface area contributed by atoms with Gasteiger partial charge in [-0.3, -0.25) is 0 Å². The molecular formula is C44H34N2O. The minimum absolute atomic E-state index is 0.0234. The zero-order valence-corrected chi connectivity index (χ0v) is 26.8. The minimum Gasteiger partial charge on any atom is -0.438 e. The average molecular weight is 607 g/mol. The lowest BCUT2D eigenvalue weighted by Crippen LogP contribution is -2.14. The van der Waals surface area contributed by atoms with Crippen molar-refractivity contribution in [3.63, 3.8) is 0 Å². The summed E-state index contributed by atoms with van der Waals surface area (Å²) in [6, 6.07) is 41.2. The number of hydrogen-bond donors (Lipinski definition) is 0.